The molecule has 0 radical (unpaired) electrons. The molecular weight excluding hydrogens is 328 g/mol. The van der Waals surface area contributed by atoms with Gasteiger partial charge in [0.1, 0.15) is 0 Å². The smallest absolute Gasteiger partial charge is 0.328 e. The van der Waals surface area contributed by atoms with Crippen molar-refractivity contribution in [1.29, 1.82) is 0 Å². The zero-order valence-electron chi connectivity index (χ0n) is 5.79. The van der Waals surface area contributed by atoms with Crippen LogP contribution in [0.1, 0.15) is 0 Å². The van der Waals surface area contributed by atoms with E-state index in [1.807, 2.05) is 0 Å². The van der Waals surface area contributed by atoms with Crippen molar-refractivity contribution in [3.8, 4) is 0 Å². The van der Waals surface area contributed by atoms with Crippen molar-refractivity contribution < 1.29 is 69.6 Å². The van der Waals surface area contributed by atoms with Crippen molar-refractivity contribution in [2.75, 3.05) is 0 Å². The SMILES string of the molecule is O=[P+](O)O.O=[P+](O)O.OP(O)O.[Zr]. The fourth-order valence-electron chi connectivity index (χ4n) is 0. The first-order chi connectivity index (χ1) is 5.20. The predicted molar refractivity (Wildman–Crippen MR) is 37.7 cm³/mol. The molecule has 0 heterocycles. The van der Waals surface area contributed by atoms with Crippen LogP contribution in [0.4, 0.5) is 0 Å². The van der Waals surface area contributed by atoms with E-state index in [9.17, 15) is 0 Å². The van der Waals surface area contributed by atoms with Gasteiger partial charge in [-0.3, -0.25) is 0 Å². The molecule has 0 aliphatic carbocycles. The molecule has 0 aliphatic heterocycles. The Morgan fingerprint density at radius 1 is 0.769 bits per heavy atom. The van der Waals surface area contributed by atoms with Crippen LogP contribution in [0.2, 0.25) is 0 Å². The summed E-state index contributed by atoms with van der Waals surface area (Å²) in [5.74, 6) is 0. The summed E-state index contributed by atoms with van der Waals surface area (Å²) in [7, 11) is -8.36. The van der Waals surface area contributed by atoms with E-state index in [4.69, 9.17) is 43.4 Å². The van der Waals surface area contributed by atoms with E-state index in [1.165, 1.54) is 0 Å². The van der Waals surface area contributed by atoms with Crippen molar-refractivity contribution in [1.82, 2.24) is 0 Å². The molecule has 0 aliphatic rings. The summed E-state index contributed by atoms with van der Waals surface area (Å²) in [6.45, 7) is 0. The maximum atomic E-state index is 8.70. The monoisotopic (exact) mass is 334 g/mol. The van der Waals surface area contributed by atoms with Gasteiger partial charge in [0.2, 0.25) is 0 Å². The Balaban J connectivity index is -0.0000000450. The van der Waals surface area contributed by atoms with Crippen LogP contribution in [0.15, 0.2) is 0 Å². The predicted octanol–water partition coefficient (Wildman–Crippen LogP) is -1.56. The molecule has 0 aromatic carbocycles. The van der Waals surface area contributed by atoms with Crippen LogP contribution < -0.4 is 0 Å². The summed E-state index contributed by atoms with van der Waals surface area (Å²) in [6, 6.07) is 0. The molecule has 0 saturated heterocycles. The first-order valence-electron chi connectivity index (χ1n) is 1.77. The molecule has 0 rings (SSSR count). The molecule has 0 fully saturated rings. The Morgan fingerprint density at radius 2 is 0.769 bits per heavy atom. The summed E-state index contributed by atoms with van der Waals surface area (Å²) in [5.41, 5.74) is 0. The summed E-state index contributed by atoms with van der Waals surface area (Å²) in [5, 5.41) is 0. The molecule has 0 aromatic rings. The van der Waals surface area contributed by atoms with E-state index in [0.29, 0.717) is 0 Å². The van der Waals surface area contributed by atoms with E-state index in [1.54, 1.807) is 0 Å². The molecule has 0 aromatic heterocycles. The van der Waals surface area contributed by atoms with Gasteiger partial charge in [0.05, 0.1) is 0 Å². The van der Waals surface area contributed by atoms with Gasteiger partial charge in [-0.2, -0.15) is 0 Å². The van der Waals surface area contributed by atoms with E-state index in [2.05, 4.69) is 0 Å². The van der Waals surface area contributed by atoms with Crippen molar-refractivity contribution >= 4 is 25.1 Å². The molecule has 0 bridgehead atoms. The standard InChI is InChI=1S/H3O3P.2HO3P.Zr/c3*1-4(2)3;/h1-3H;2*(H-,1,2,3);/p+2. The summed E-state index contributed by atoms with van der Waals surface area (Å²) in [6.07, 6.45) is 0. The van der Waals surface area contributed by atoms with Crippen molar-refractivity contribution in [3.63, 3.8) is 0 Å². The Labute approximate surface area is 94.7 Å². The second-order valence-corrected chi connectivity index (χ2v) is 2.32. The minimum atomic E-state index is -2.87. The fraction of sp³-hybridized carbons (Fsp3) is 0. The molecule has 7 N–H and O–H groups in total. The minimum Gasteiger partial charge on any atom is -0.328 e. The van der Waals surface area contributed by atoms with E-state index >= 15 is 0 Å². The second-order valence-electron chi connectivity index (χ2n) is 0.774. The van der Waals surface area contributed by atoms with Gasteiger partial charge in [0, 0.05) is 35.3 Å². The van der Waals surface area contributed by atoms with Crippen LogP contribution in [0.3, 0.4) is 0 Å². The third-order valence-corrected chi connectivity index (χ3v) is 0. The first-order valence-corrected chi connectivity index (χ1v) is 5.30. The van der Waals surface area contributed by atoms with Crippen LogP contribution in [-0.4, -0.2) is 34.3 Å². The molecule has 13 heteroatoms. The van der Waals surface area contributed by atoms with Crippen LogP contribution in [0.25, 0.3) is 0 Å². The Bertz CT molecular complexity index is 99.3. The second kappa shape index (κ2) is 18.9. The van der Waals surface area contributed by atoms with Gasteiger partial charge in [-0.05, 0) is 0 Å². The maximum absolute atomic E-state index is 8.70. The number of rotatable bonds is 0. The molecule has 0 atom stereocenters. The van der Waals surface area contributed by atoms with Gasteiger partial charge >= 0.3 is 25.1 Å². The normalized spacial score (nSPS) is 6.77. The van der Waals surface area contributed by atoms with Gasteiger partial charge in [0.15, 0.2) is 0 Å². The van der Waals surface area contributed by atoms with Crippen molar-refractivity contribution in [3.05, 3.63) is 0 Å². The van der Waals surface area contributed by atoms with E-state index in [-0.39, 0.29) is 26.2 Å². The quantitative estimate of drug-likeness (QED) is 0.258. The van der Waals surface area contributed by atoms with Gasteiger partial charge < -0.3 is 14.7 Å². The van der Waals surface area contributed by atoms with E-state index < -0.39 is 25.1 Å². The topological polar surface area (TPSA) is 176 Å². The first kappa shape index (κ1) is 23.8. The van der Waals surface area contributed by atoms with Gasteiger partial charge in [-0.15, -0.1) is 19.6 Å². The Morgan fingerprint density at radius 3 is 0.769 bits per heavy atom. The summed E-state index contributed by atoms with van der Waals surface area (Å²) < 4.78 is 17.4. The van der Waals surface area contributed by atoms with Gasteiger partial charge in [-0.25, -0.2) is 0 Å². The third-order valence-electron chi connectivity index (χ3n) is 0. The molecule has 0 amide bonds. The van der Waals surface area contributed by atoms with Gasteiger partial charge in [-0.1, -0.05) is 0 Å². The molecule has 0 spiro atoms. The number of hydrogen-bond acceptors (Lipinski definition) is 5. The third kappa shape index (κ3) is 1100. The van der Waals surface area contributed by atoms with Crippen LogP contribution in [-0.2, 0) is 35.3 Å². The maximum Gasteiger partial charge on any atom is 0.692 e. The minimum absolute atomic E-state index is 0. The van der Waals surface area contributed by atoms with Crippen molar-refractivity contribution in [2.45, 2.75) is 0 Å². The average Bonchev–Trinajstić information content (AvgIpc) is 1.54. The largest absolute Gasteiger partial charge is 0.692 e. The van der Waals surface area contributed by atoms with Crippen molar-refractivity contribution in [2.24, 2.45) is 0 Å². The number of hydrogen-bond donors (Lipinski definition) is 7. The Hall–Kier alpha value is 1.23. The zero-order valence-corrected chi connectivity index (χ0v) is 10.9. The summed E-state index contributed by atoms with van der Waals surface area (Å²) in [4.78, 5) is 50.2. The van der Waals surface area contributed by atoms with E-state index in [0.717, 1.165) is 0 Å². The summed E-state index contributed by atoms with van der Waals surface area (Å²) >= 11 is 0. The fourth-order valence-corrected chi connectivity index (χ4v) is 0. The average molecular weight is 335 g/mol. The van der Waals surface area contributed by atoms with Crippen LogP contribution in [0, 0.1) is 0 Å². The molecular formula is H7O9P3Zr+2. The molecule has 78 valence electrons. The van der Waals surface area contributed by atoms with Crippen LogP contribution in [0.5, 0.6) is 0 Å². The molecule has 9 nitrogen and oxygen atoms in total. The molecule has 0 unspecified atom stereocenters. The zero-order chi connectivity index (χ0) is 10.7. The van der Waals surface area contributed by atoms with Gasteiger partial charge in [0.25, 0.3) is 0 Å². The Kier molecular flexibility index (Phi) is 34.6. The van der Waals surface area contributed by atoms with Crippen LogP contribution >= 0.6 is 25.1 Å². The molecule has 0 saturated carbocycles. The molecule has 13 heavy (non-hydrogen) atoms.